The van der Waals surface area contributed by atoms with Gasteiger partial charge in [0.15, 0.2) is 16.6 Å². The van der Waals surface area contributed by atoms with Gasteiger partial charge in [0.1, 0.15) is 11.5 Å². The SMILES string of the molecule is COc1ccc(OC)c(NC(=S)NC(C)c2ccc3c(c2)OCO3)c1. The lowest BCUT2D eigenvalue weighted by Crippen LogP contribution is -2.31. The smallest absolute Gasteiger partial charge is 0.231 e. The van der Waals surface area contributed by atoms with Gasteiger partial charge in [-0.1, -0.05) is 6.07 Å². The average Bonchev–Trinajstić information content (AvgIpc) is 3.09. The summed E-state index contributed by atoms with van der Waals surface area (Å²) in [7, 11) is 3.22. The predicted octanol–water partition coefficient (Wildman–Crippen LogP) is 3.48. The number of hydrogen-bond acceptors (Lipinski definition) is 5. The molecule has 132 valence electrons. The second kappa shape index (κ2) is 7.48. The molecule has 0 aliphatic carbocycles. The molecule has 0 aromatic heterocycles. The Hall–Kier alpha value is -2.67. The number of benzene rings is 2. The van der Waals surface area contributed by atoms with Gasteiger partial charge < -0.3 is 29.6 Å². The van der Waals surface area contributed by atoms with E-state index in [0.29, 0.717) is 10.9 Å². The van der Waals surface area contributed by atoms with Crippen LogP contribution >= 0.6 is 12.2 Å². The van der Waals surface area contributed by atoms with E-state index in [0.717, 1.165) is 28.5 Å². The molecule has 0 fully saturated rings. The summed E-state index contributed by atoms with van der Waals surface area (Å²) in [4.78, 5) is 0. The standard InChI is InChI=1S/C18H20N2O4S/c1-11(12-4-6-16-17(8-12)24-10-23-16)19-18(25)20-14-9-13(21-2)5-7-15(14)22-3/h4-9,11H,10H2,1-3H3,(H2,19,20,25). The van der Waals surface area contributed by atoms with Crippen molar-refractivity contribution in [2.75, 3.05) is 26.3 Å². The number of hydrogen-bond donors (Lipinski definition) is 2. The van der Waals surface area contributed by atoms with Gasteiger partial charge in [-0.25, -0.2) is 0 Å². The van der Waals surface area contributed by atoms with Crippen molar-refractivity contribution in [3.8, 4) is 23.0 Å². The minimum Gasteiger partial charge on any atom is -0.497 e. The van der Waals surface area contributed by atoms with Crippen molar-refractivity contribution in [2.45, 2.75) is 13.0 Å². The van der Waals surface area contributed by atoms with Gasteiger partial charge in [-0.3, -0.25) is 0 Å². The molecule has 0 radical (unpaired) electrons. The molecule has 2 N–H and O–H groups in total. The first-order chi connectivity index (χ1) is 12.1. The summed E-state index contributed by atoms with van der Waals surface area (Å²) in [5, 5.41) is 6.88. The maximum atomic E-state index is 5.42. The van der Waals surface area contributed by atoms with Crippen LogP contribution in [0, 0.1) is 0 Å². The molecule has 6 nitrogen and oxygen atoms in total. The molecule has 0 saturated heterocycles. The van der Waals surface area contributed by atoms with E-state index in [-0.39, 0.29) is 12.8 Å². The molecule has 1 heterocycles. The molecule has 2 aromatic carbocycles. The van der Waals surface area contributed by atoms with Gasteiger partial charge in [0.25, 0.3) is 0 Å². The molecule has 1 aliphatic rings. The maximum absolute atomic E-state index is 5.42. The number of rotatable bonds is 5. The van der Waals surface area contributed by atoms with Crippen molar-refractivity contribution in [3.05, 3.63) is 42.0 Å². The maximum Gasteiger partial charge on any atom is 0.231 e. The summed E-state index contributed by atoms with van der Waals surface area (Å²) >= 11 is 5.42. The van der Waals surface area contributed by atoms with Crippen LogP contribution in [-0.4, -0.2) is 26.1 Å². The van der Waals surface area contributed by atoms with Gasteiger partial charge in [-0.2, -0.15) is 0 Å². The second-order valence-electron chi connectivity index (χ2n) is 5.50. The van der Waals surface area contributed by atoms with Crippen LogP contribution in [0.1, 0.15) is 18.5 Å². The number of anilines is 1. The number of methoxy groups -OCH3 is 2. The second-order valence-corrected chi connectivity index (χ2v) is 5.91. The van der Waals surface area contributed by atoms with Crippen molar-refractivity contribution in [1.29, 1.82) is 0 Å². The zero-order valence-corrected chi connectivity index (χ0v) is 15.1. The fraction of sp³-hybridized carbons (Fsp3) is 0.278. The number of fused-ring (bicyclic) bond motifs is 1. The highest BCUT2D eigenvalue weighted by molar-refractivity contribution is 7.80. The van der Waals surface area contributed by atoms with Crippen LogP contribution < -0.4 is 29.6 Å². The highest BCUT2D eigenvalue weighted by atomic mass is 32.1. The van der Waals surface area contributed by atoms with Gasteiger partial charge in [0, 0.05) is 6.07 Å². The van der Waals surface area contributed by atoms with Gasteiger partial charge in [0.05, 0.1) is 25.9 Å². The lowest BCUT2D eigenvalue weighted by molar-refractivity contribution is 0.174. The molecule has 25 heavy (non-hydrogen) atoms. The number of nitrogens with one attached hydrogen (secondary N) is 2. The first-order valence-corrected chi connectivity index (χ1v) is 8.20. The Morgan fingerprint density at radius 3 is 2.64 bits per heavy atom. The topological polar surface area (TPSA) is 61.0 Å². The van der Waals surface area contributed by atoms with Gasteiger partial charge >= 0.3 is 0 Å². The van der Waals surface area contributed by atoms with Crippen molar-refractivity contribution < 1.29 is 18.9 Å². The Balaban J connectivity index is 1.68. The number of thiocarbonyl (C=S) groups is 1. The predicted molar refractivity (Wildman–Crippen MR) is 99.9 cm³/mol. The Bertz CT molecular complexity index is 782. The quantitative estimate of drug-likeness (QED) is 0.792. The minimum absolute atomic E-state index is 0.00824. The van der Waals surface area contributed by atoms with Crippen LogP contribution in [0.25, 0.3) is 0 Å². The van der Waals surface area contributed by atoms with E-state index in [1.807, 2.05) is 43.3 Å². The highest BCUT2D eigenvalue weighted by Gasteiger charge is 2.16. The molecule has 2 aromatic rings. The van der Waals surface area contributed by atoms with E-state index < -0.39 is 0 Å². The van der Waals surface area contributed by atoms with Crippen LogP contribution in [0.2, 0.25) is 0 Å². The summed E-state index contributed by atoms with van der Waals surface area (Å²) in [5.41, 5.74) is 1.78. The third-order valence-corrected chi connectivity index (χ3v) is 4.12. The monoisotopic (exact) mass is 360 g/mol. The summed E-state index contributed by atoms with van der Waals surface area (Å²) in [6.45, 7) is 2.28. The van der Waals surface area contributed by atoms with E-state index in [9.17, 15) is 0 Å². The highest BCUT2D eigenvalue weighted by Crippen LogP contribution is 2.34. The van der Waals surface area contributed by atoms with Crippen molar-refractivity contribution >= 4 is 23.0 Å². The number of ether oxygens (including phenoxy) is 4. The van der Waals surface area contributed by atoms with Gasteiger partial charge in [-0.15, -0.1) is 0 Å². The Kier molecular flexibility index (Phi) is 5.14. The molecule has 1 aliphatic heterocycles. The Morgan fingerprint density at radius 2 is 1.88 bits per heavy atom. The molecule has 1 atom stereocenters. The van der Waals surface area contributed by atoms with Gasteiger partial charge in [-0.05, 0) is 49.0 Å². The Morgan fingerprint density at radius 1 is 1.08 bits per heavy atom. The van der Waals surface area contributed by atoms with Crippen molar-refractivity contribution in [3.63, 3.8) is 0 Å². The lowest BCUT2D eigenvalue weighted by Gasteiger charge is -2.19. The lowest BCUT2D eigenvalue weighted by atomic mass is 10.1. The zero-order valence-electron chi connectivity index (χ0n) is 14.3. The van der Waals surface area contributed by atoms with Crippen LogP contribution in [0.5, 0.6) is 23.0 Å². The van der Waals surface area contributed by atoms with Crippen LogP contribution in [0.4, 0.5) is 5.69 Å². The van der Waals surface area contributed by atoms with Crippen LogP contribution in [-0.2, 0) is 0 Å². The van der Waals surface area contributed by atoms with E-state index in [2.05, 4.69) is 10.6 Å². The van der Waals surface area contributed by atoms with E-state index >= 15 is 0 Å². The first-order valence-electron chi connectivity index (χ1n) is 7.80. The molecule has 3 rings (SSSR count). The van der Waals surface area contributed by atoms with Crippen LogP contribution in [0.3, 0.4) is 0 Å². The van der Waals surface area contributed by atoms with Crippen molar-refractivity contribution in [2.24, 2.45) is 0 Å². The van der Waals surface area contributed by atoms with Crippen molar-refractivity contribution in [1.82, 2.24) is 5.32 Å². The minimum atomic E-state index is -0.00824. The summed E-state index contributed by atoms with van der Waals surface area (Å²) in [5.74, 6) is 2.91. The Labute approximate surface area is 152 Å². The van der Waals surface area contributed by atoms with E-state index in [4.69, 9.17) is 31.2 Å². The molecular weight excluding hydrogens is 340 g/mol. The normalized spacial score (nSPS) is 13.1. The van der Waals surface area contributed by atoms with E-state index in [1.54, 1.807) is 14.2 Å². The fourth-order valence-corrected chi connectivity index (χ4v) is 2.82. The zero-order chi connectivity index (χ0) is 17.8. The first kappa shape index (κ1) is 17.2. The third kappa shape index (κ3) is 3.88. The largest absolute Gasteiger partial charge is 0.497 e. The third-order valence-electron chi connectivity index (χ3n) is 3.90. The summed E-state index contributed by atoms with van der Waals surface area (Å²) in [6.07, 6.45) is 0. The molecular formula is C18H20N2O4S. The van der Waals surface area contributed by atoms with Gasteiger partial charge in [0.2, 0.25) is 6.79 Å². The summed E-state index contributed by atoms with van der Waals surface area (Å²) < 4.78 is 21.3. The fourth-order valence-electron chi connectivity index (χ4n) is 2.53. The summed E-state index contributed by atoms with van der Waals surface area (Å²) in [6, 6.07) is 11.3. The molecule has 0 spiro atoms. The molecule has 0 bridgehead atoms. The average molecular weight is 360 g/mol. The van der Waals surface area contributed by atoms with E-state index in [1.165, 1.54) is 0 Å². The van der Waals surface area contributed by atoms with Crippen LogP contribution in [0.15, 0.2) is 36.4 Å². The molecule has 7 heteroatoms. The molecule has 1 unspecified atom stereocenters. The molecule has 0 amide bonds. The molecule has 0 saturated carbocycles.